The molecule has 0 aromatic rings. The zero-order chi connectivity index (χ0) is 14.6. The Kier molecular flexibility index (Phi) is 12.5. The molecule has 0 bridgehead atoms. The van der Waals surface area contributed by atoms with Gasteiger partial charge in [0.15, 0.2) is 0 Å². The van der Waals surface area contributed by atoms with Crippen molar-refractivity contribution < 1.29 is 14.2 Å². The van der Waals surface area contributed by atoms with E-state index in [1.165, 1.54) is 0 Å². The molecule has 0 radical (unpaired) electrons. The van der Waals surface area contributed by atoms with Crippen LogP contribution in [0.5, 0.6) is 0 Å². The predicted octanol–water partition coefficient (Wildman–Crippen LogP) is 3.57. The average molecular weight is 315 g/mol. The van der Waals surface area contributed by atoms with E-state index in [1.54, 1.807) is 7.11 Å². The van der Waals surface area contributed by atoms with Crippen molar-refractivity contribution in [3.8, 4) is 0 Å². The van der Waals surface area contributed by atoms with Gasteiger partial charge in [0, 0.05) is 25.5 Å². The highest BCUT2D eigenvalue weighted by Crippen LogP contribution is 2.33. The summed E-state index contributed by atoms with van der Waals surface area (Å²) < 4.78 is 15.8. The maximum Gasteiger partial charge on any atom is 0.0701 e. The third kappa shape index (κ3) is 9.91. The molecule has 0 unspecified atom stereocenters. The molecular weight excluding hydrogens is 287 g/mol. The van der Waals surface area contributed by atoms with Gasteiger partial charge in [0.1, 0.15) is 0 Å². The van der Waals surface area contributed by atoms with Gasteiger partial charge in [-0.25, -0.2) is 0 Å². The monoisotopic (exact) mass is 314 g/mol. The van der Waals surface area contributed by atoms with E-state index in [0.29, 0.717) is 50.7 Å². The van der Waals surface area contributed by atoms with Gasteiger partial charge in [-0.15, -0.1) is 23.2 Å². The van der Waals surface area contributed by atoms with E-state index in [4.69, 9.17) is 37.4 Å². The van der Waals surface area contributed by atoms with Crippen LogP contribution in [0.2, 0.25) is 0 Å². The molecule has 116 valence electrons. The molecule has 5 heteroatoms. The first-order valence-electron chi connectivity index (χ1n) is 6.86. The highest BCUT2D eigenvalue weighted by Gasteiger charge is 2.29. The fraction of sp³-hybridized carbons (Fsp3) is 1.00. The van der Waals surface area contributed by atoms with Gasteiger partial charge in [-0.05, 0) is 24.2 Å². The Bertz CT molecular complexity index is 197. The third-order valence-electron chi connectivity index (χ3n) is 2.99. The minimum Gasteiger partial charge on any atom is -0.382 e. The van der Waals surface area contributed by atoms with Gasteiger partial charge in [-0.3, -0.25) is 0 Å². The van der Waals surface area contributed by atoms with Crippen LogP contribution in [0, 0.1) is 11.3 Å². The van der Waals surface area contributed by atoms with E-state index < -0.39 is 0 Å². The molecule has 0 atom stereocenters. The molecule has 0 aliphatic heterocycles. The Morgan fingerprint density at radius 1 is 0.895 bits per heavy atom. The Hall–Kier alpha value is 0.460. The fourth-order valence-electron chi connectivity index (χ4n) is 2.00. The van der Waals surface area contributed by atoms with E-state index in [-0.39, 0.29) is 5.41 Å². The minimum absolute atomic E-state index is 0.00577. The standard InChI is InChI=1S/C14H28Cl2O3/c1-13(2)10-14(11-15,12-16)4-5-18-8-9-19-7-6-17-3/h13H,4-12H2,1-3H3. The van der Waals surface area contributed by atoms with Crippen molar-refractivity contribution in [2.24, 2.45) is 11.3 Å². The van der Waals surface area contributed by atoms with Crippen molar-refractivity contribution in [1.82, 2.24) is 0 Å². The van der Waals surface area contributed by atoms with Gasteiger partial charge in [0.25, 0.3) is 0 Å². The average Bonchev–Trinajstić information content (AvgIpc) is 2.40. The predicted molar refractivity (Wildman–Crippen MR) is 81.5 cm³/mol. The lowest BCUT2D eigenvalue weighted by Crippen LogP contribution is -2.29. The molecule has 0 heterocycles. The van der Waals surface area contributed by atoms with Crippen molar-refractivity contribution in [1.29, 1.82) is 0 Å². The Balaban J connectivity index is 3.70. The summed E-state index contributed by atoms with van der Waals surface area (Å²) in [6, 6.07) is 0. The molecule has 0 amide bonds. The van der Waals surface area contributed by atoms with Crippen LogP contribution in [-0.2, 0) is 14.2 Å². The number of ether oxygens (including phenoxy) is 3. The van der Waals surface area contributed by atoms with Gasteiger partial charge >= 0.3 is 0 Å². The molecule has 0 aromatic carbocycles. The van der Waals surface area contributed by atoms with Crippen LogP contribution in [0.4, 0.5) is 0 Å². The number of halogens is 2. The van der Waals surface area contributed by atoms with Gasteiger partial charge < -0.3 is 14.2 Å². The fourth-order valence-corrected chi connectivity index (χ4v) is 2.77. The highest BCUT2D eigenvalue weighted by molar-refractivity contribution is 6.21. The lowest BCUT2D eigenvalue weighted by Gasteiger charge is -2.31. The van der Waals surface area contributed by atoms with Crippen LogP contribution >= 0.6 is 23.2 Å². The van der Waals surface area contributed by atoms with Crippen LogP contribution in [-0.4, -0.2) is 51.9 Å². The molecule has 0 aromatic heterocycles. The lowest BCUT2D eigenvalue weighted by atomic mass is 9.81. The second-order valence-electron chi connectivity index (χ2n) is 5.33. The summed E-state index contributed by atoms with van der Waals surface area (Å²) in [5, 5.41) is 0. The molecule has 0 fully saturated rings. The maximum absolute atomic E-state index is 6.09. The summed E-state index contributed by atoms with van der Waals surface area (Å²) in [5.74, 6) is 1.76. The molecule has 0 saturated carbocycles. The van der Waals surface area contributed by atoms with Crippen LogP contribution in [0.15, 0.2) is 0 Å². The van der Waals surface area contributed by atoms with Crippen LogP contribution in [0.3, 0.4) is 0 Å². The minimum atomic E-state index is -0.00577. The van der Waals surface area contributed by atoms with E-state index in [1.807, 2.05) is 0 Å². The summed E-state index contributed by atoms with van der Waals surface area (Å²) in [6.45, 7) is 7.50. The van der Waals surface area contributed by atoms with Gasteiger partial charge in [0.2, 0.25) is 0 Å². The molecule has 0 rings (SSSR count). The Morgan fingerprint density at radius 3 is 1.89 bits per heavy atom. The molecule has 0 aliphatic rings. The molecule has 0 saturated heterocycles. The first-order chi connectivity index (χ1) is 9.10. The normalized spacial score (nSPS) is 12.3. The van der Waals surface area contributed by atoms with E-state index >= 15 is 0 Å². The third-order valence-corrected chi connectivity index (χ3v) is 4.12. The zero-order valence-corrected chi connectivity index (χ0v) is 13.9. The topological polar surface area (TPSA) is 27.7 Å². The number of alkyl halides is 2. The van der Waals surface area contributed by atoms with Crippen LogP contribution in [0.25, 0.3) is 0 Å². The van der Waals surface area contributed by atoms with Gasteiger partial charge in [-0.1, -0.05) is 13.8 Å². The molecule has 0 spiro atoms. The van der Waals surface area contributed by atoms with Crippen LogP contribution in [0.1, 0.15) is 26.7 Å². The van der Waals surface area contributed by atoms with Gasteiger partial charge in [0.05, 0.1) is 26.4 Å². The molecule has 19 heavy (non-hydrogen) atoms. The number of rotatable bonds is 13. The van der Waals surface area contributed by atoms with Crippen molar-refractivity contribution in [3.63, 3.8) is 0 Å². The largest absolute Gasteiger partial charge is 0.382 e. The first kappa shape index (κ1) is 19.5. The summed E-state index contributed by atoms with van der Waals surface area (Å²) in [6.07, 6.45) is 1.93. The van der Waals surface area contributed by atoms with Gasteiger partial charge in [-0.2, -0.15) is 0 Å². The zero-order valence-electron chi connectivity index (χ0n) is 12.4. The van der Waals surface area contributed by atoms with Crippen molar-refractivity contribution in [3.05, 3.63) is 0 Å². The molecular formula is C14H28Cl2O3. The quantitative estimate of drug-likeness (QED) is 0.384. The smallest absolute Gasteiger partial charge is 0.0701 e. The van der Waals surface area contributed by atoms with Crippen molar-refractivity contribution in [2.45, 2.75) is 26.7 Å². The molecule has 0 aliphatic carbocycles. The van der Waals surface area contributed by atoms with E-state index in [9.17, 15) is 0 Å². The highest BCUT2D eigenvalue weighted by atomic mass is 35.5. The molecule has 0 N–H and O–H groups in total. The summed E-state index contributed by atoms with van der Waals surface area (Å²) >= 11 is 12.2. The van der Waals surface area contributed by atoms with Crippen LogP contribution < -0.4 is 0 Å². The summed E-state index contributed by atoms with van der Waals surface area (Å²) in [4.78, 5) is 0. The lowest BCUT2D eigenvalue weighted by molar-refractivity contribution is 0.0178. The Morgan fingerprint density at radius 2 is 1.42 bits per heavy atom. The van der Waals surface area contributed by atoms with E-state index in [2.05, 4.69) is 13.8 Å². The van der Waals surface area contributed by atoms with Crippen molar-refractivity contribution >= 4 is 23.2 Å². The first-order valence-corrected chi connectivity index (χ1v) is 7.93. The second kappa shape index (κ2) is 12.2. The summed E-state index contributed by atoms with van der Waals surface area (Å²) in [7, 11) is 1.66. The maximum atomic E-state index is 6.09. The second-order valence-corrected chi connectivity index (χ2v) is 5.87. The number of hydrogen-bond donors (Lipinski definition) is 0. The number of methoxy groups -OCH3 is 1. The van der Waals surface area contributed by atoms with E-state index in [0.717, 1.165) is 12.8 Å². The number of hydrogen-bond acceptors (Lipinski definition) is 3. The summed E-state index contributed by atoms with van der Waals surface area (Å²) in [5.41, 5.74) is -0.00577. The SMILES string of the molecule is COCCOCCOCCC(CCl)(CCl)CC(C)C. The van der Waals surface area contributed by atoms with Crippen molar-refractivity contribution in [2.75, 3.05) is 51.9 Å². The Labute approximate surface area is 127 Å². The molecule has 3 nitrogen and oxygen atoms in total.